The van der Waals surface area contributed by atoms with Crippen LogP contribution in [0.4, 0.5) is 0 Å². The van der Waals surface area contributed by atoms with Gasteiger partial charge in [-0.25, -0.2) is 4.79 Å². The predicted octanol–water partition coefficient (Wildman–Crippen LogP) is 5.38. The van der Waals surface area contributed by atoms with Crippen LogP contribution in [0, 0.1) is 0 Å². The van der Waals surface area contributed by atoms with Crippen LogP contribution in [0.2, 0.25) is 0 Å². The molecule has 0 aliphatic heterocycles. The Morgan fingerprint density at radius 3 is 2.00 bits per heavy atom. The van der Waals surface area contributed by atoms with Crippen LogP contribution in [0.25, 0.3) is 11.1 Å². The average Bonchev–Trinajstić information content (AvgIpc) is 2.69. The van der Waals surface area contributed by atoms with Crippen molar-refractivity contribution < 1.29 is 19.0 Å². The molecule has 0 N–H and O–H groups in total. The van der Waals surface area contributed by atoms with Crippen molar-refractivity contribution >= 4 is 5.97 Å². The predicted molar refractivity (Wildman–Crippen MR) is 103 cm³/mol. The summed E-state index contributed by atoms with van der Waals surface area (Å²) >= 11 is 0. The van der Waals surface area contributed by atoms with E-state index < -0.39 is 5.97 Å². The summed E-state index contributed by atoms with van der Waals surface area (Å²) in [4.78, 5) is 11.0. The van der Waals surface area contributed by atoms with Crippen LogP contribution in [0.1, 0.15) is 32.6 Å². The zero-order valence-corrected chi connectivity index (χ0v) is 15.3. The van der Waals surface area contributed by atoms with Crippen LogP contribution in [-0.4, -0.2) is 19.4 Å². The molecule has 0 atom stereocenters. The molecule has 0 aromatic heterocycles. The van der Waals surface area contributed by atoms with Gasteiger partial charge >= 0.3 is 5.97 Å². The first-order valence-corrected chi connectivity index (χ1v) is 8.98. The number of hydrogen-bond donors (Lipinski definition) is 0. The monoisotopic (exact) mass is 354 g/mol. The molecule has 0 saturated carbocycles. The van der Waals surface area contributed by atoms with Gasteiger partial charge in [-0.2, -0.15) is 0 Å². The quantitative estimate of drug-likeness (QED) is 0.235. The topological polar surface area (TPSA) is 44.8 Å². The van der Waals surface area contributed by atoms with Crippen molar-refractivity contribution in [3.63, 3.8) is 0 Å². The Hall–Kier alpha value is -2.75. The minimum Gasteiger partial charge on any atom is -0.494 e. The second-order valence-electron chi connectivity index (χ2n) is 5.89. The highest BCUT2D eigenvalue weighted by molar-refractivity contribution is 5.81. The first kappa shape index (κ1) is 19.6. The van der Waals surface area contributed by atoms with Gasteiger partial charge in [-0.15, -0.1) is 0 Å². The summed E-state index contributed by atoms with van der Waals surface area (Å²) < 4.78 is 15.9. The molecule has 0 aliphatic rings. The molecule has 2 aromatic carbocycles. The minimum absolute atomic E-state index is 0.130. The Labute approximate surface area is 155 Å². The van der Waals surface area contributed by atoms with Crippen molar-refractivity contribution in [3.8, 4) is 22.6 Å². The van der Waals surface area contributed by atoms with E-state index in [-0.39, 0.29) is 6.79 Å². The maximum Gasteiger partial charge on any atom is 0.333 e. The van der Waals surface area contributed by atoms with Crippen molar-refractivity contribution in [2.24, 2.45) is 0 Å². The van der Waals surface area contributed by atoms with Crippen LogP contribution >= 0.6 is 0 Å². The Kier molecular flexibility index (Phi) is 8.27. The Bertz CT molecular complexity index is 674. The Morgan fingerprint density at radius 1 is 0.885 bits per heavy atom. The van der Waals surface area contributed by atoms with Crippen LogP contribution in [0.5, 0.6) is 11.5 Å². The molecule has 2 aromatic rings. The van der Waals surface area contributed by atoms with E-state index in [0.717, 1.165) is 36.0 Å². The zero-order chi connectivity index (χ0) is 18.6. The maximum atomic E-state index is 11.0. The first-order chi connectivity index (χ1) is 12.7. The fourth-order valence-corrected chi connectivity index (χ4v) is 2.42. The van der Waals surface area contributed by atoms with Crippen molar-refractivity contribution in [1.82, 2.24) is 0 Å². The van der Waals surface area contributed by atoms with E-state index in [1.807, 2.05) is 48.5 Å². The Morgan fingerprint density at radius 2 is 1.46 bits per heavy atom. The second-order valence-corrected chi connectivity index (χ2v) is 5.89. The third kappa shape index (κ3) is 6.63. The number of benzene rings is 2. The first-order valence-electron chi connectivity index (χ1n) is 8.98. The van der Waals surface area contributed by atoms with Gasteiger partial charge in [-0.3, -0.25) is 0 Å². The van der Waals surface area contributed by atoms with Gasteiger partial charge in [0, 0.05) is 6.08 Å². The summed E-state index contributed by atoms with van der Waals surface area (Å²) in [6, 6.07) is 15.7. The largest absolute Gasteiger partial charge is 0.494 e. The molecule has 0 fully saturated rings. The minimum atomic E-state index is -0.505. The van der Waals surface area contributed by atoms with Crippen molar-refractivity contribution in [1.29, 1.82) is 0 Å². The van der Waals surface area contributed by atoms with E-state index in [1.54, 1.807) is 0 Å². The molecule has 0 amide bonds. The molecule has 0 spiro atoms. The number of unbranched alkanes of at least 4 members (excludes halogenated alkanes) is 3. The highest BCUT2D eigenvalue weighted by Gasteiger charge is 2.01. The molecule has 0 radical (unpaired) electrons. The van der Waals surface area contributed by atoms with Gasteiger partial charge < -0.3 is 14.2 Å². The van der Waals surface area contributed by atoms with Gasteiger partial charge in [-0.05, 0) is 41.8 Å². The molecule has 0 unspecified atom stereocenters. The molecule has 138 valence electrons. The van der Waals surface area contributed by atoms with Crippen LogP contribution in [0.3, 0.4) is 0 Å². The maximum absolute atomic E-state index is 11.0. The second kappa shape index (κ2) is 11.0. The lowest BCUT2D eigenvalue weighted by Crippen LogP contribution is -2.07. The number of rotatable bonds is 11. The third-order valence-electron chi connectivity index (χ3n) is 3.90. The summed E-state index contributed by atoms with van der Waals surface area (Å²) in [5, 5.41) is 0. The summed E-state index contributed by atoms with van der Waals surface area (Å²) in [5.74, 6) is 1.03. The molecule has 0 bridgehead atoms. The lowest BCUT2D eigenvalue weighted by Gasteiger charge is -2.09. The van der Waals surface area contributed by atoms with Gasteiger partial charge in [0.25, 0.3) is 0 Å². The van der Waals surface area contributed by atoms with Gasteiger partial charge in [0.1, 0.15) is 11.5 Å². The average molecular weight is 354 g/mol. The SMILES string of the molecule is C=CC(=O)OCOc1ccc(-c2ccc(OCCCCCC)cc2)cc1. The molecule has 0 aliphatic carbocycles. The van der Waals surface area contributed by atoms with E-state index in [1.165, 1.54) is 19.3 Å². The third-order valence-corrected chi connectivity index (χ3v) is 3.90. The number of ether oxygens (including phenoxy) is 3. The molecule has 0 heterocycles. The molecule has 4 heteroatoms. The highest BCUT2D eigenvalue weighted by atomic mass is 16.7. The molecular formula is C22H26O4. The van der Waals surface area contributed by atoms with Gasteiger partial charge in [0.05, 0.1) is 6.61 Å². The Balaban J connectivity index is 1.82. The standard InChI is InChI=1S/C22H26O4/c1-3-5-6-7-16-24-20-12-8-18(9-13-20)19-10-14-21(15-11-19)25-17-26-22(23)4-2/h4,8-15H,2-3,5-7,16-17H2,1H3. The van der Waals surface area contributed by atoms with Crippen molar-refractivity contribution in [2.75, 3.05) is 13.4 Å². The molecular weight excluding hydrogens is 328 g/mol. The van der Waals surface area contributed by atoms with Crippen LogP contribution < -0.4 is 9.47 Å². The molecule has 4 nitrogen and oxygen atoms in total. The van der Waals surface area contributed by atoms with Gasteiger partial charge in [-0.1, -0.05) is 57.0 Å². The van der Waals surface area contributed by atoms with Gasteiger partial charge in [0.15, 0.2) is 0 Å². The molecule has 0 saturated heterocycles. The summed E-state index contributed by atoms with van der Waals surface area (Å²) in [5.41, 5.74) is 2.18. The zero-order valence-electron chi connectivity index (χ0n) is 15.3. The lowest BCUT2D eigenvalue weighted by atomic mass is 10.1. The van der Waals surface area contributed by atoms with E-state index in [9.17, 15) is 4.79 Å². The summed E-state index contributed by atoms with van der Waals surface area (Å²) in [6.45, 7) is 6.17. The number of esters is 1. The number of carbonyl (C=O) groups excluding carboxylic acids is 1. The van der Waals surface area contributed by atoms with Crippen LogP contribution in [0.15, 0.2) is 61.2 Å². The van der Waals surface area contributed by atoms with Gasteiger partial charge in [0.2, 0.25) is 6.79 Å². The van der Waals surface area contributed by atoms with Crippen molar-refractivity contribution in [2.45, 2.75) is 32.6 Å². The number of hydrogen-bond acceptors (Lipinski definition) is 4. The summed E-state index contributed by atoms with van der Waals surface area (Å²) in [6.07, 6.45) is 5.91. The van der Waals surface area contributed by atoms with E-state index in [4.69, 9.17) is 14.2 Å². The molecule has 26 heavy (non-hydrogen) atoms. The fraction of sp³-hybridized carbons (Fsp3) is 0.318. The lowest BCUT2D eigenvalue weighted by molar-refractivity contribution is -0.144. The number of carbonyl (C=O) groups is 1. The van der Waals surface area contributed by atoms with E-state index >= 15 is 0 Å². The van der Waals surface area contributed by atoms with Crippen LogP contribution in [-0.2, 0) is 9.53 Å². The highest BCUT2D eigenvalue weighted by Crippen LogP contribution is 2.24. The van der Waals surface area contributed by atoms with E-state index in [2.05, 4.69) is 13.5 Å². The molecule has 2 rings (SSSR count). The smallest absolute Gasteiger partial charge is 0.333 e. The fourth-order valence-electron chi connectivity index (χ4n) is 2.42. The summed E-state index contributed by atoms with van der Waals surface area (Å²) in [7, 11) is 0. The normalized spacial score (nSPS) is 10.2. The van der Waals surface area contributed by atoms with Crippen molar-refractivity contribution in [3.05, 3.63) is 61.2 Å². The van der Waals surface area contributed by atoms with E-state index in [0.29, 0.717) is 5.75 Å².